The summed E-state index contributed by atoms with van der Waals surface area (Å²) in [6, 6.07) is 6.03. The Hall–Kier alpha value is -1.28. The molecule has 0 spiro atoms. The van der Waals surface area contributed by atoms with Crippen LogP contribution in [0.25, 0.3) is 10.9 Å². The third kappa shape index (κ3) is 1.66. The highest BCUT2D eigenvalue weighted by Crippen LogP contribution is 2.48. The summed E-state index contributed by atoms with van der Waals surface area (Å²) in [6.07, 6.45) is 5.18. The zero-order valence-electron chi connectivity index (χ0n) is 11.0. The number of fused-ring (bicyclic) bond motifs is 5. The summed E-state index contributed by atoms with van der Waals surface area (Å²) in [4.78, 5) is 4.94. The van der Waals surface area contributed by atoms with Crippen LogP contribution in [-0.2, 0) is 6.42 Å². The molecule has 98 valence electrons. The largest absolute Gasteiger partial charge is 0.387 e. The molecule has 2 aliphatic carbocycles. The lowest BCUT2D eigenvalue weighted by atomic mass is 9.84. The molecule has 0 amide bonds. The average molecular weight is 273 g/mol. The standard InChI is InChI=1S/C16H17ClN2/c1-18-16-12-5-4-11(17)8-14(12)19-15-10-3-2-9(6-10)7-13(15)16/h4-5,8-10H,2-3,6-7H2,1H3,(H,18,19). The van der Waals surface area contributed by atoms with Crippen molar-refractivity contribution in [1.82, 2.24) is 4.98 Å². The van der Waals surface area contributed by atoms with Crippen LogP contribution in [0.1, 0.15) is 36.4 Å². The molecule has 1 fully saturated rings. The molecule has 2 atom stereocenters. The van der Waals surface area contributed by atoms with E-state index in [-0.39, 0.29) is 0 Å². The molecule has 1 heterocycles. The van der Waals surface area contributed by atoms with Gasteiger partial charge in [-0.3, -0.25) is 4.98 Å². The van der Waals surface area contributed by atoms with Crippen LogP contribution in [0, 0.1) is 5.92 Å². The summed E-state index contributed by atoms with van der Waals surface area (Å²) < 4.78 is 0. The van der Waals surface area contributed by atoms with Crippen molar-refractivity contribution in [2.24, 2.45) is 5.92 Å². The number of aromatic nitrogens is 1. The van der Waals surface area contributed by atoms with Crippen LogP contribution >= 0.6 is 11.6 Å². The summed E-state index contributed by atoms with van der Waals surface area (Å²) >= 11 is 6.12. The fourth-order valence-corrected chi connectivity index (χ4v) is 4.09. The second-order valence-electron chi connectivity index (χ2n) is 5.84. The molecule has 1 saturated carbocycles. The van der Waals surface area contributed by atoms with Gasteiger partial charge in [-0.25, -0.2) is 0 Å². The van der Waals surface area contributed by atoms with Crippen molar-refractivity contribution >= 4 is 28.2 Å². The van der Waals surface area contributed by atoms with Crippen LogP contribution in [-0.4, -0.2) is 12.0 Å². The van der Waals surface area contributed by atoms with E-state index in [0.717, 1.165) is 16.5 Å². The molecule has 0 radical (unpaired) electrons. The van der Waals surface area contributed by atoms with E-state index in [4.69, 9.17) is 16.6 Å². The minimum Gasteiger partial charge on any atom is -0.387 e. The summed E-state index contributed by atoms with van der Waals surface area (Å²) in [7, 11) is 2.01. The van der Waals surface area contributed by atoms with Crippen molar-refractivity contribution < 1.29 is 0 Å². The number of pyridine rings is 1. The molecule has 3 heteroatoms. The number of benzene rings is 1. The monoisotopic (exact) mass is 272 g/mol. The normalized spacial score (nSPS) is 24.5. The third-order valence-electron chi connectivity index (χ3n) is 4.75. The van der Waals surface area contributed by atoms with Crippen molar-refractivity contribution in [3.05, 3.63) is 34.5 Å². The van der Waals surface area contributed by atoms with Gasteiger partial charge in [-0.15, -0.1) is 0 Å². The first kappa shape index (κ1) is 11.5. The highest BCUT2D eigenvalue weighted by molar-refractivity contribution is 6.31. The second-order valence-corrected chi connectivity index (χ2v) is 6.28. The molecule has 2 nitrogen and oxygen atoms in total. The smallest absolute Gasteiger partial charge is 0.0741 e. The molecule has 1 aromatic heterocycles. The fourth-order valence-electron chi connectivity index (χ4n) is 3.92. The zero-order chi connectivity index (χ0) is 13.0. The highest BCUT2D eigenvalue weighted by Gasteiger charge is 2.35. The van der Waals surface area contributed by atoms with Gasteiger partial charge in [-0.2, -0.15) is 0 Å². The molecule has 4 rings (SSSR count). The van der Waals surface area contributed by atoms with Gasteiger partial charge in [0, 0.05) is 34.8 Å². The number of rotatable bonds is 1. The number of hydrogen-bond donors (Lipinski definition) is 1. The van der Waals surface area contributed by atoms with Gasteiger partial charge in [0.25, 0.3) is 0 Å². The van der Waals surface area contributed by atoms with E-state index in [9.17, 15) is 0 Å². The van der Waals surface area contributed by atoms with Crippen molar-refractivity contribution in [3.8, 4) is 0 Å². The molecular weight excluding hydrogens is 256 g/mol. The topological polar surface area (TPSA) is 24.9 Å². The SMILES string of the molecule is CNc1c2c(nc3cc(Cl)ccc13)C1CCC(C2)C1. The van der Waals surface area contributed by atoms with Crippen LogP contribution in [0.5, 0.6) is 0 Å². The Morgan fingerprint density at radius 2 is 2.21 bits per heavy atom. The van der Waals surface area contributed by atoms with Gasteiger partial charge >= 0.3 is 0 Å². The first-order valence-corrected chi connectivity index (χ1v) is 7.44. The maximum Gasteiger partial charge on any atom is 0.0741 e. The van der Waals surface area contributed by atoms with Crippen molar-refractivity contribution in [3.63, 3.8) is 0 Å². The molecule has 0 saturated heterocycles. The molecule has 1 N–H and O–H groups in total. The third-order valence-corrected chi connectivity index (χ3v) is 4.99. The Kier molecular flexibility index (Phi) is 2.49. The van der Waals surface area contributed by atoms with Crippen molar-refractivity contribution in [2.75, 3.05) is 12.4 Å². The van der Waals surface area contributed by atoms with Gasteiger partial charge in [0.1, 0.15) is 0 Å². The summed E-state index contributed by atoms with van der Waals surface area (Å²) in [5.74, 6) is 1.54. The van der Waals surface area contributed by atoms with E-state index in [1.807, 2.05) is 19.2 Å². The van der Waals surface area contributed by atoms with Crippen LogP contribution in [0.2, 0.25) is 5.02 Å². The van der Waals surface area contributed by atoms with Gasteiger partial charge in [0.2, 0.25) is 0 Å². The second kappa shape index (κ2) is 4.11. The number of anilines is 1. The Morgan fingerprint density at radius 1 is 1.32 bits per heavy atom. The van der Waals surface area contributed by atoms with Crippen LogP contribution in [0.15, 0.2) is 18.2 Å². The molecule has 2 unspecified atom stereocenters. The Bertz CT molecular complexity index is 665. The van der Waals surface area contributed by atoms with Crippen LogP contribution < -0.4 is 5.32 Å². The van der Waals surface area contributed by atoms with E-state index in [0.29, 0.717) is 5.92 Å². The van der Waals surface area contributed by atoms with E-state index in [1.165, 1.54) is 48.0 Å². The molecule has 2 aromatic rings. The lowest BCUT2D eigenvalue weighted by Crippen LogP contribution is -2.15. The van der Waals surface area contributed by atoms with Gasteiger partial charge in [-0.1, -0.05) is 11.6 Å². The number of nitrogens with one attached hydrogen (secondary N) is 1. The average Bonchev–Trinajstić information content (AvgIpc) is 2.80. The minimum atomic E-state index is 0.671. The molecule has 2 aliphatic rings. The van der Waals surface area contributed by atoms with Gasteiger partial charge < -0.3 is 5.32 Å². The summed E-state index contributed by atoms with van der Waals surface area (Å²) in [5.41, 5.74) is 5.08. The highest BCUT2D eigenvalue weighted by atomic mass is 35.5. The van der Waals surface area contributed by atoms with Crippen molar-refractivity contribution in [2.45, 2.75) is 31.6 Å². The number of hydrogen-bond acceptors (Lipinski definition) is 2. The van der Waals surface area contributed by atoms with Gasteiger partial charge in [0.15, 0.2) is 0 Å². The Labute approximate surface area is 118 Å². The van der Waals surface area contributed by atoms with Gasteiger partial charge in [0.05, 0.1) is 5.52 Å². The first-order chi connectivity index (χ1) is 9.26. The number of nitrogens with zero attached hydrogens (tertiary/aromatic N) is 1. The predicted molar refractivity (Wildman–Crippen MR) is 80.1 cm³/mol. The zero-order valence-corrected chi connectivity index (χ0v) is 11.8. The molecule has 1 aromatic carbocycles. The Balaban J connectivity index is 2.04. The molecular formula is C16H17ClN2. The van der Waals surface area contributed by atoms with Crippen LogP contribution in [0.3, 0.4) is 0 Å². The van der Waals surface area contributed by atoms with E-state index in [2.05, 4.69) is 11.4 Å². The molecule has 2 bridgehead atoms. The first-order valence-electron chi connectivity index (χ1n) is 7.06. The number of halogens is 1. The predicted octanol–water partition coefficient (Wildman–Crippen LogP) is 4.37. The summed E-state index contributed by atoms with van der Waals surface area (Å²) in [6.45, 7) is 0. The summed E-state index contributed by atoms with van der Waals surface area (Å²) in [5, 5.41) is 5.37. The van der Waals surface area contributed by atoms with E-state index >= 15 is 0 Å². The van der Waals surface area contributed by atoms with Crippen LogP contribution in [0.4, 0.5) is 5.69 Å². The van der Waals surface area contributed by atoms with E-state index < -0.39 is 0 Å². The maximum atomic E-state index is 6.12. The van der Waals surface area contributed by atoms with Crippen molar-refractivity contribution in [1.29, 1.82) is 0 Å². The van der Waals surface area contributed by atoms with E-state index in [1.54, 1.807) is 0 Å². The fraction of sp³-hybridized carbons (Fsp3) is 0.438. The lowest BCUT2D eigenvalue weighted by molar-refractivity contribution is 0.505. The molecule has 0 aliphatic heterocycles. The Morgan fingerprint density at radius 3 is 3.05 bits per heavy atom. The molecule has 19 heavy (non-hydrogen) atoms. The minimum absolute atomic E-state index is 0.671. The lowest BCUT2D eigenvalue weighted by Gasteiger charge is -2.25. The van der Waals surface area contributed by atoms with Gasteiger partial charge in [-0.05, 0) is 55.4 Å². The maximum absolute atomic E-state index is 6.12. The quantitative estimate of drug-likeness (QED) is 0.834.